The summed E-state index contributed by atoms with van der Waals surface area (Å²) in [6, 6.07) is 10.1. The van der Waals surface area contributed by atoms with Crippen LogP contribution in [0.3, 0.4) is 0 Å². The van der Waals surface area contributed by atoms with Gasteiger partial charge in [0.15, 0.2) is 0 Å². The van der Waals surface area contributed by atoms with Crippen LogP contribution in [-0.2, 0) is 6.42 Å². The third-order valence-electron chi connectivity index (χ3n) is 4.13. The lowest BCUT2D eigenvalue weighted by atomic mass is 10.00. The molecule has 0 unspecified atom stereocenters. The van der Waals surface area contributed by atoms with Gasteiger partial charge in [-0.05, 0) is 74.2 Å². The highest BCUT2D eigenvalue weighted by Crippen LogP contribution is 2.30. The second kappa shape index (κ2) is 6.41. The summed E-state index contributed by atoms with van der Waals surface area (Å²) in [4.78, 5) is 14.6. The molecule has 0 spiro atoms. The van der Waals surface area contributed by atoms with E-state index in [4.69, 9.17) is 4.74 Å². The first-order valence-corrected chi connectivity index (χ1v) is 7.94. The molecule has 0 aliphatic carbocycles. The Morgan fingerprint density at radius 3 is 2.83 bits per heavy atom. The number of nitrogens with zero attached hydrogens (tertiary/aromatic N) is 1. The maximum atomic E-state index is 13.4. The summed E-state index contributed by atoms with van der Waals surface area (Å²) < 4.78 is 18.9. The number of ether oxygens (including phenoxy) is 1. The first-order chi connectivity index (χ1) is 11.1. The Labute approximate surface area is 135 Å². The highest BCUT2D eigenvalue weighted by Gasteiger charge is 2.24. The normalized spacial score (nSPS) is 13.6. The van der Waals surface area contributed by atoms with E-state index < -0.39 is 0 Å². The van der Waals surface area contributed by atoms with E-state index in [0.717, 1.165) is 35.4 Å². The number of halogens is 1. The lowest BCUT2D eigenvalue weighted by Gasteiger charge is -2.29. The van der Waals surface area contributed by atoms with E-state index in [9.17, 15) is 9.18 Å². The summed E-state index contributed by atoms with van der Waals surface area (Å²) >= 11 is 0. The van der Waals surface area contributed by atoms with Gasteiger partial charge in [-0.2, -0.15) is 0 Å². The first kappa shape index (κ1) is 15.5. The third-order valence-corrected chi connectivity index (χ3v) is 4.13. The van der Waals surface area contributed by atoms with Gasteiger partial charge < -0.3 is 9.64 Å². The Morgan fingerprint density at radius 1 is 1.26 bits per heavy atom. The molecule has 1 heterocycles. The Kier molecular flexibility index (Phi) is 4.33. The molecule has 1 aliphatic rings. The number of rotatable bonds is 3. The minimum atomic E-state index is -0.255. The molecule has 4 heteroatoms. The van der Waals surface area contributed by atoms with Crippen LogP contribution in [0.5, 0.6) is 5.75 Å². The van der Waals surface area contributed by atoms with Gasteiger partial charge in [0.1, 0.15) is 11.6 Å². The number of aryl methyl sites for hydroxylation is 2. The summed E-state index contributed by atoms with van der Waals surface area (Å²) in [7, 11) is 0. The van der Waals surface area contributed by atoms with Crippen molar-refractivity contribution in [3.8, 4) is 5.75 Å². The van der Waals surface area contributed by atoms with Crippen LogP contribution in [-0.4, -0.2) is 19.1 Å². The largest absolute Gasteiger partial charge is 0.494 e. The molecule has 0 saturated heterocycles. The summed E-state index contributed by atoms with van der Waals surface area (Å²) in [5, 5.41) is 0. The maximum Gasteiger partial charge on any atom is 0.258 e. The van der Waals surface area contributed by atoms with Crippen molar-refractivity contribution in [3.05, 3.63) is 58.9 Å². The molecule has 120 valence electrons. The topological polar surface area (TPSA) is 29.5 Å². The highest BCUT2D eigenvalue weighted by molar-refractivity contribution is 6.07. The summed E-state index contributed by atoms with van der Waals surface area (Å²) in [5.74, 6) is 0.490. The number of anilines is 1. The lowest BCUT2D eigenvalue weighted by molar-refractivity contribution is 0.0985. The van der Waals surface area contributed by atoms with Crippen LogP contribution in [0.15, 0.2) is 36.4 Å². The van der Waals surface area contributed by atoms with Crippen molar-refractivity contribution in [1.29, 1.82) is 0 Å². The summed E-state index contributed by atoms with van der Waals surface area (Å²) in [6.45, 7) is 5.12. The van der Waals surface area contributed by atoms with Gasteiger partial charge in [-0.1, -0.05) is 0 Å². The van der Waals surface area contributed by atoms with Gasteiger partial charge in [-0.25, -0.2) is 4.39 Å². The molecular formula is C19H20FNO2. The standard InChI is InChI=1S/C19H20FNO2/c1-3-23-18-9-6-15(11-13(18)2)19(22)21-10-4-5-14-12-16(20)7-8-17(14)21/h6-9,11-12H,3-5,10H2,1-2H3. The number of hydrogen-bond acceptors (Lipinski definition) is 2. The maximum absolute atomic E-state index is 13.4. The molecule has 0 atom stereocenters. The highest BCUT2D eigenvalue weighted by atomic mass is 19.1. The molecular weight excluding hydrogens is 293 g/mol. The van der Waals surface area contributed by atoms with E-state index in [0.29, 0.717) is 18.7 Å². The van der Waals surface area contributed by atoms with Gasteiger partial charge in [0.25, 0.3) is 5.91 Å². The Morgan fingerprint density at radius 2 is 2.09 bits per heavy atom. The minimum absolute atomic E-state index is 0.0521. The average molecular weight is 313 g/mol. The lowest BCUT2D eigenvalue weighted by Crippen LogP contribution is -2.35. The smallest absolute Gasteiger partial charge is 0.258 e. The van der Waals surface area contributed by atoms with Gasteiger partial charge in [-0.3, -0.25) is 4.79 Å². The van der Waals surface area contributed by atoms with Crippen LogP contribution in [0, 0.1) is 12.7 Å². The number of benzene rings is 2. The van der Waals surface area contributed by atoms with Crippen molar-refractivity contribution >= 4 is 11.6 Å². The zero-order chi connectivity index (χ0) is 16.4. The van der Waals surface area contributed by atoms with E-state index in [1.165, 1.54) is 12.1 Å². The van der Waals surface area contributed by atoms with Crippen LogP contribution >= 0.6 is 0 Å². The van der Waals surface area contributed by atoms with Gasteiger partial charge in [0.2, 0.25) is 0 Å². The molecule has 2 aromatic rings. The van der Waals surface area contributed by atoms with Gasteiger partial charge in [0, 0.05) is 17.8 Å². The van der Waals surface area contributed by atoms with E-state index in [1.54, 1.807) is 17.0 Å². The predicted octanol–water partition coefficient (Wildman–Crippen LogP) is 4.13. The van der Waals surface area contributed by atoms with Crippen LogP contribution in [0.25, 0.3) is 0 Å². The van der Waals surface area contributed by atoms with Crippen LogP contribution in [0.2, 0.25) is 0 Å². The van der Waals surface area contributed by atoms with E-state index in [-0.39, 0.29) is 11.7 Å². The average Bonchev–Trinajstić information content (AvgIpc) is 2.55. The van der Waals surface area contributed by atoms with Crippen molar-refractivity contribution in [3.63, 3.8) is 0 Å². The number of hydrogen-bond donors (Lipinski definition) is 0. The minimum Gasteiger partial charge on any atom is -0.494 e. The summed E-state index contributed by atoms with van der Waals surface area (Å²) in [6.07, 6.45) is 1.65. The molecule has 0 fully saturated rings. The van der Waals surface area contributed by atoms with Crippen molar-refractivity contribution in [1.82, 2.24) is 0 Å². The molecule has 0 radical (unpaired) electrons. The van der Waals surface area contributed by atoms with Gasteiger partial charge in [0.05, 0.1) is 6.61 Å². The molecule has 23 heavy (non-hydrogen) atoms. The monoisotopic (exact) mass is 313 g/mol. The van der Waals surface area contributed by atoms with E-state index in [2.05, 4.69) is 0 Å². The van der Waals surface area contributed by atoms with Crippen LogP contribution < -0.4 is 9.64 Å². The molecule has 0 aromatic heterocycles. The molecule has 0 saturated carbocycles. The molecule has 1 aliphatic heterocycles. The van der Waals surface area contributed by atoms with Crippen molar-refractivity contribution in [2.24, 2.45) is 0 Å². The van der Waals surface area contributed by atoms with E-state index >= 15 is 0 Å². The molecule has 1 amide bonds. The quantitative estimate of drug-likeness (QED) is 0.853. The molecule has 2 aromatic carbocycles. The van der Waals surface area contributed by atoms with Gasteiger partial charge in [-0.15, -0.1) is 0 Å². The number of carbonyl (C=O) groups is 1. The fraction of sp³-hybridized carbons (Fsp3) is 0.316. The molecule has 3 rings (SSSR count). The predicted molar refractivity (Wildman–Crippen MR) is 88.7 cm³/mol. The molecule has 3 nitrogen and oxygen atoms in total. The molecule has 0 N–H and O–H groups in total. The van der Waals surface area contributed by atoms with Crippen molar-refractivity contribution in [2.75, 3.05) is 18.1 Å². The number of carbonyl (C=O) groups excluding carboxylic acids is 1. The van der Waals surface area contributed by atoms with Crippen LogP contribution in [0.1, 0.15) is 34.8 Å². The Hall–Kier alpha value is -2.36. The zero-order valence-corrected chi connectivity index (χ0v) is 13.4. The Balaban J connectivity index is 1.91. The Bertz CT molecular complexity index is 742. The fourth-order valence-corrected chi connectivity index (χ4v) is 3.03. The van der Waals surface area contributed by atoms with E-state index in [1.807, 2.05) is 26.0 Å². The second-order valence-electron chi connectivity index (χ2n) is 5.75. The first-order valence-electron chi connectivity index (χ1n) is 7.94. The SMILES string of the molecule is CCOc1ccc(C(=O)N2CCCc3cc(F)ccc32)cc1C. The summed E-state index contributed by atoms with van der Waals surface area (Å²) in [5.41, 5.74) is 3.28. The second-order valence-corrected chi connectivity index (χ2v) is 5.75. The van der Waals surface area contributed by atoms with Crippen LogP contribution in [0.4, 0.5) is 10.1 Å². The van der Waals surface area contributed by atoms with Gasteiger partial charge >= 0.3 is 0 Å². The number of fused-ring (bicyclic) bond motifs is 1. The third kappa shape index (κ3) is 3.07. The molecule has 0 bridgehead atoms. The number of amides is 1. The zero-order valence-electron chi connectivity index (χ0n) is 13.4. The van der Waals surface area contributed by atoms with Crippen molar-refractivity contribution in [2.45, 2.75) is 26.7 Å². The fourth-order valence-electron chi connectivity index (χ4n) is 3.03. The van der Waals surface area contributed by atoms with Crippen molar-refractivity contribution < 1.29 is 13.9 Å².